The fourth-order valence-corrected chi connectivity index (χ4v) is 3.52. The molecule has 1 aliphatic heterocycles. The summed E-state index contributed by atoms with van der Waals surface area (Å²) < 4.78 is 15.5. The van der Waals surface area contributed by atoms with Crippen LogP contribution in [-0.2, 0) is 0 Å². The van der Waals surface area contributed by atoms with Gasteiger partial charge in [0, 0.05) is 0 Å². The Bertz CT molecular complexity index is 572. The molecule has 0 atom stereocenters. The van der Waals surface area contributed by atoms with Gasteiger partial charge in [-0.3, -0.25) is 9.78 Å². The summed E-state index contributed by atoms with van der Waals surface area (Å²) in [5, 5.41) is 0. The zero-order valence-electron chi connectivity index (χ0n) is 6.53. The Kier molecular flexibility index (Phi) is 2.52. The molecule has 0 bridgehead atoms. The standard InChI is InChI=1S/C7H3BrFIN2O2/c8-5-3(9)4-2(1-10-5)6(13)12-7(14)11-4/h1H,(H2,11,12,13,14). The van der Waals surface area contributed by atoms with Crippen LogP contribution in [0.1, 0.15) is 11.3 Å². The van der Waals surface area contributed by atoms with E-state index < -0.39 is 37.8 Å². The van der Waals surface area contributed by atoms with Crippen molar-refractivity contribution in [3.05, 3.63) is 34.6 Å². The van der Waals surface area contributed by atoms with Crippen LogP contribution < -0.4 is 11.2 Å². The van der Waals surface area contributed by atoms with Crippen LogP contribution in [0.4, 0.5) is 4.39 Å². The molecular weight excluding hydrogens is 370 g/mol. The summed E-state index contributed by atoms with van der Waals surface area (Å²) in [4.78, 5) is 26.4. The Balaban J connectivity index is 2.89. The molecule has 1 aliphatic rings. The number of halogens is 3. The number of hydrogen-bond donors (Lipinski definition) is 2. The highest BCUT2D eigenvalue weighted by atomic mass is 127. The van der Waals surface area contributed by atoms with Gasteiger partial charge in [-0.1, -0.05) is 20.7 Å². The Morgan fingerprint density at radius 1 is 1.36 bits per heavy atom. The van der Waals surface area contributed by atoms with Crippen LogP contribution in [0.3, 0.4) is 0 Å². The van der Waals surface area contributed by atoms with Crippen molar-refractivity contribution in [2.75, 3.05) is 0 Å². The Morgan fingerprint density at radius 3 is 2.79 bits per heavy atom. The van der Waals surface area contributed by atoms with Crippen LogP contribution in [0.5, 0.6) is 0 Å². The molecule has 1 aromatic rings. The van der Waals surface area contributed by atoms with Crippen LogP contribution >= 0.6 is 36.7 Å². The molecular formula is C7H3BrFIN2O2. The van der Waals surface area contributed by atoms with Crippen molar-refractivity contribution in [1.29, 1.82) is 0 Å². The third-order valence-corrected chi connectivity index (χ3v) is 5.09. The first kappa shape index (κ1) is 9.97. The van der Waals surface area contributed by atoms with Crippen molar-refractivity contribution < 1.29 is 4.39 Å². The first-order chi connectivity index (χ1) is 6.59. The van der Waals surface area contributed by atoms with Gasteiger partial charge in [0.1, 0.15) is 0 Å². The van der Waals surface area contributed by atoms with Gasteiger partial charge >= 0.3 is 5.69 Å². The van der Waals surface area contributed by atoms with Gasteiger partial charge in [0.05, 0.1) is 13.7 Å². The second-order valence-corrected chi connectivity index (χ2v) is 7.09. The minimum Gasteiger partial charge on any atom is -0.304 e. The maximum atomic E-state index is 13.4. The molecule has 74 valence electrons. The van der Waals surface area contributed by atoms with Crippen molar-refractivity contribution in [2.45, 2.75) is 0 Å². The van der Waals surface area contributed by atoms with Gasteiger partial charge in [-0.25, -0.2) is 9.18 Å². The van der Waals surface area contributed by atoms with E-state index in [0.717, 1.165) is 0 Å². The van der Waals surface area contributed by atoms with E-state index in [9.17, 15) is 14.0 Å². The average Bonchev–Trinajstić information content (AvgIpc) is 2.12. The summed E-state index contributed by atoms with van der Waals surface area (Å²) in [6.45, 7) is 0. The topological polar surface area (TPSA) is 65.7 Å². The van der Waals surface area contributed by atoms with Gasteiger partial charge in [-0.05, 0) is 19.9 Å². The molecule has 0 aromatic carbocycles. The smallest absolute Gasteiger partial charge is 0.304 e. The van der Waals surface area contributed by atoms with Crippen LogP contribution in [-0.4, -0.2) is 14.0 Å². The molecule has 0 spiro atoms. The fraction of sp³-hybridized carbons (Fsp3) is 0. The predicted octanol–water partition coefficient (Wildman–Crippen LogP) is 1.19. The van der Waals surface area contributed by atoms with E-state index in [1.54, 1.807) is 4.01 Å². The highest BCUT2D eigenvalue weighted by Gasteiger charge is 2.17. The number of nitrogens with one attached hydrogen (secondary N) is 2. The number of hydrogen-bond acceptors (Lipinski definition) is 2. The van der Waals surface area contributed by atoms with Gasteiger partial charge in [-0.2, -0.15) is 0 Å². The van der Waals surface area contributed by atoms with Crippen LogP contribution in [0, 0.1) is 0 Å². The molecule has 0 radical (unpaired) electrons. The molecule has 7 heteroatoms. The van der Waals surface area contributed by atoms with Gasteiger partial charge < -0.3 is 4.98 Å². The Morgan fingerprint density at radius 2 is 2.07 bits per heavy atom. The lowest BCUT2D eigenvalue weighted by molar-refractivity contribution is 0.749. The van der Waals surface area contributed by atoms with Crippen LogP contribution in [0.15, 0.2) is 12.1 Å². The zero-order chi connectivity index (χ0) is 10.3. The second-order valence-electron chi connectivity index (χ2n) is 2.49. The van der Waals surface area contributed by atoms with E-state index >= 15 is 0 Å². The van der Waals surface area contributed by atoms with E-state index in [4.69, 9.17) is 0 Å². The number of rotatable bonds is 0. The van der Waals surface area contributed by atoms with Crippen molar-refractivity contribution >= 4 is 46.5 Å². The van der Waals surface area contributed by atoms with E-state index in [0.29, 0.717) is 2.49 Å². The van der Waals surface area contributed by atoms with Gasteiger partial charge in [0.15, 0.2) is 5.83 Å². The van der Waals surface area contributed by atoms with Crippen molar-refractivity contribution in [1.82, 2.24) is 9.97 Å². The third kappa shape index (κ3) is 1.54. The summed E-state index contributed by atoms with van der Waals surface area (Å²) in [7, 11) is 0. The Hall–Kier alpha value is -0.570. The molecule has 0 amide bonds. The third-order valence-electron chi connectivity index (χ3n) is 1.62. The lowest BCUT2D eigenvalue weighted by atomic mass is 10.2. The summed E-state index contributed by atoms with van der Waals surface area (Å²) in [6, 6.07) is 0. The van der Waals surface area contributed by atoms with Gasteiger partial charge in [0.2, 0.25) is 0 Å². The predicted molar refractivity (Wildman–Crippen MR) is 63.8 cm³/mol. The number of aromatic nitrogens is 2. The molecule has 1 aromatic heterocycles. The molecule has 2 rings (SSSR count). The van der Waals surface area contributed by atoms with E-state index in [-0.39, 0.29) is 11.3 Å². The second kappa shape index (κ2) is 3.54. The summed E-state index contributed by atoms with van der Waals surface area (Å²) in [6.07, 6.45) is 0. The SMILES string of the molecule is O=c1[nH]c2c(c(=O)[nH]1)C=IC(Br)=C2F. The van der Waals surface area contributed by atoms with Crippen molar-refractivity contribution in [2.24, 2.45) is 0 Å². The van der Waals surface area contributed by atoms with Gasteiger partial charge in [-0.15, -0.1) is 0 Å². The summed E-state index contributed by atoms with van der Waals surface area (Å²) in [5.41, 5.74) is -1.05. The maximum Gasteiger partial charge on any atom is 0.326 e. The molecule has 0 saturated heterocycles. The maximum absolute atomic E-state index is 13.4. The van der Waals surface area contributed by atoms with Crippen molar-refractivity contribution in [3.8, 4) is 0 Å². The largest absolute Gasteiger partial charge is 0.326 e. The highest BCUT2D eigenvalue weighted by Crippen LogP contribution is 2.35. The minimum absolute atomic E-state index is 0.0309. The van der Waals surface area contributed by atoms with Crippen molar-refractivity contribution in [3.63, 3.8) is 0 Å². The summed E-state index contributed by atoms with van der Waals surface area (Å²) >= 11 is 2.41. The van der Waals surface area contributed by atoms with Crippen LogP contribution in [0.25, 0.3) is 5.83 Å². The monoisotopic (exact) mass is 372 g/mol. The zero-order valence-corrected chi connectivity index (χ0v) is 10.3. The Labute approximate surface area is 95.1 Å². The molecule has 0 unspecified atom stereocenters. The fourth-order valence-electron chi connectivity index (χ4n) is 1.02. The molecule has 14 heavy (non-hydrogen) atoms. The van der Waals surface area contributed by atoms with E-state index in [1.165, 1.54) is 0 Å². The molecule has 2 N–H and O–H groups in total. The first-order valence-corrected chi connectivity index (χ1v) is 6.60. The quantitative estimate of drug-likeness (QED) is 0.672. The molecule has 0 aliphatic carbocycles. The molecule has 4 nitrogen and oxygen atoms in total. The number of aromatic amines is 2. The summed E-state index contributed by atoms with van der Waals surface area (Å²) in [5.74, 6) is -0.543. The number of fused-ring (bicyclic) bond motifs is 1. The highest BCUT2D eigenvalue weighted by molar-refractivity contribution is 14.2. The lowest BCUT2D eigenvalue weighted by Gasteiger charge is -2.06. The molecule has 0 saturated carbocycles. The van der Waals surface area contributed by atoms with E-state index in [1.807, 2.05) is 4.98 Å². The number of H-pyrrole nitrogens is 2. The molecule has 0 fully saturated rings. The average molecular weight is 373 g/mol. The van der Waals surface area contributed by atoms with Crippen LogP contribution in [0.2, 0.25) is 0 Å². The minimum atomic E-state index is -0.697. The van der Waals surface area contributed by atoms with E-state index in [2.05, 4.69) is 20.9 Å². The van der Waals surface area contributed by atoms with Gasteiger partial charge in [0.25, 0.3) is 5.56 Å². The normalized spacial score (nSPS) is 15.0. The first-order valence-electron chi connectivity index (χ1n) is 3.48. The molecule has 2 heterocycles. The lowest BCUT2D eigenvalue weighted by Crippen LogP contribution is -2.27.